The fourth-order valence-electron chi connectivity index (χ4n) is 1.54. The van der Waals surface area contributed by atoms with E-state index in [1.165, 1.54) is 6.07 Å². The minimum absolute atomic E-state index is 0.0421. The Morgan fingerprint density at radius 1 is 1.19 bits per heavy atom. The maximum atomic E-state index is 11.5. The third-order valence-corrected chi connectivity index (χ3v) is 2.32. The van der Waals surface area contributed by atoms with Crippen molar-refractivity contribution in [2.75, 3.05) is 0 Å². The molecule has 6 nitrogen and oxygen atoms in total. The van der Waals surface area contributed by atoms with E-state index in [9.17, 15) is 19.7 Å². The highest BCUT2D eigenvalue weighted by atomic mass is 16.6. The standard InChI is InChI=1S/C10H5NO5/c12-4-8-9(13)6-2-1-5(11(15)16)3-7(6)10(8)14/h1-4,12H/b8-4-. The molecule has 80 valence electrons. The number of nitro groups is 1. The van der Waals surface area contributed by atoms with Crippen molar-refractivity contribution in [3.63, 3.8) is 0 Å². The Bertz CT molecular complexity index is 558. The van der Waals surface area contributed by atoms with Crippen LogP contribution < -0.4 is 0 Å². The Morgan fingerprint density at radius 3 is 2.38 bits per heavy atom. The summed E-state index contributed by atoms with van der Waals surface area (Å²) in [7, 11) is 0. The van der Waals surface area contributed by atoms with Crippen molar-refractivity contribution in [3.05, 3.63) is 51.3 Å². The number of non-ortho nitro benzene ring substituents is 1. The number of allylic oxidation sites excluding steroid dienone is 1. The first-order valence-corrected chi connectivity index (χ1v) is 4.28. The normalized spacial score (nSPS) is 16.6. The van der Waals surface area contributed by atoms with Crippen LogP contribution in [0, 0.1) is 10.1 Å². The second-order valence-corrected chi connectivity index (χ2v) is 3.19. The molecule has 6 heteroatoms. The molecule has 0 heterocycles. The van der Waals surface area contributed by atoms with Crippen molar-refractivity contribution in [2.24, 2.45) is 0 Å². The topological polar surface area (TPSA) is 97.5 Å². The molecule has 1 aliphatic rings. The number of carbonyl (C=O) groups excluding carboxylic acids is 2. The van der Waals surface area contributed by atoms with Crippen LogP contribution in [-0.2, 0) is 0 Å². The molecule has 0 bridgehead atoms. The van der Waals surface area contributed by atoms with Crippen molar-refractivity contribution < 1.29 is 19.6 Å². The Morgan fingerprint density at radius 2 is 1.81 bits per heavy atom. The van der Waals surface area contributed by atoms with Crippen LogP contribution in [0.25, 0.3) is 0 Å². The van der Waals surface area contributed by atoms with Gasteiger partial charge in [-0.1, -0.05) is 0 Å². The van der Waals surface area contributed by atoms with E-state index in [2.05, 4.69) is 0 Å². The van der Waals surface area contributed by atoms with Gasteiger partial charge >= 0.3 is 0 Å². The highest BCUT2D eigenvalue weighted by Gasteiger charge is 2.34. The predicted octanol–water partition coefficient (Wildman–Crippen LogP) is 1.42. The van der Waals surface area contributed by atoms with Crippen LogP contribution >= 0.6 is 0 Å². The minimum atomic E-state index is -0.689. The summed E-state index contributed by atoms with van der Waals surface area (Å²) in [5.74, 6) is -1.30. The number of rotatable bonds is 1. The SMILES string of the molecule is O=C1/C(=C/O)C(=O)c2cc([N+](=O)[O-])ccc21. The molecular formula is C10H5NO5. The first kappa shape index (κ1) is 10.0. The van der Waals surface area contributed by atoms with Gasteiger partial charge in [-0.25, -0.2) is 0 Å². The number of carbonyl (C=O) groups is 2. The average molecular weight is 219 g/mol. The number of fused-ring (bicyclic) bond motifs is 1. The van der Waals surface area contributed by atoms with Gasteiger partial charge in [-0.05, 0) is 6.07 Å². The summed E-state index contributed by atoms with van der Waals surface area (Å²) in [4.78, 5) is 32.9. The second kappa shape index (κ2) is 3.27. The van der Waals surface area contributed by atoms with E-state index in [1.807, 2.05) is 0 Å². The van der Waals surface area contributed by atoms with Gasteiger partial charge in [0.05, 0.1) is 11.2 Å². The Labute approximate surface area is 89.0 Å². The van der Waals surface area contributed by atoms with Gasteiger partial charge in [0, 0.05) is 23.3 Å². The van der Waals surface area contributed by atoms with Gasteiger partial charge in [0.15, 0.2) is 0 Å². The minimum Gasteiger partial charge on any atom is -0.515 e. The van der Waals surface area contributed by atoms with Gasteiger partial charge in [-0.15, -0.1) is 0 Å². The molecule has 1 aromatic rings. The molecule has 0 radical (unpaired) electrons. The van der Waals surface area contributed by atoms with Crippen molar-refractivity contribution in [2.45, 2.75) is 0 Å². The quantitative estimate of drug-likeness (QED) is 0.253. The highest BCUT2D eigenvalue weighted by Crippen LogP contribution is 2.29. The highest BCUT2D eigenvalue weighted by molar-refractivity contribution is 6.39. The van der Waals surface area contributed by atoms with E-state index in [1.54, 1.807) is 0 Å². The summed E-state index contributed by atoms with van der Waals surface area (Å²) in [5.41, 5.74) is -0.593. The Balaban J connectivity index is 2.65. The Hall–Kier alpha value is -2.50. The molecule has 0 saturated carbocycles. The number of benzene rings is 1. The molecule has 16 heavy (non-hydrogen) atoms. The van der Waals surface area contributed by atoms with E-state index >= 15 is 0 Å². The number of nitro benzene ring substituents is 1. The molecule has 1 N–H and O–H groups in total. The number of aliphatic hydroxyl groups is 1. The average Bonchev–Trinajstić information content (AvgIpc) is 2.51. The summed E-state index contributed by atoms with van der Waals surface area (Å²) in [6.45, 7) is 0. The van der Waals surface area contributed by atoms with Crippen LogP contribution in [0.5, 0.6) is 0 Å². The second-order valence-electron chi connectivity index (χ2n) is 3.19. The zero-order chi connectivity index (χ0) is 11.9. The third-order valence-electron chi connectivity index (χ3n) is 2.32. The zero-order valence-electron chi connectivity index (χ0n) is 7.84. The van der Waals surface area contributed by atoms with E-state index in [0.717, 1.165) is 12.1 Å². The molecule has 0 amide bonds. The number of Topliss-reactive ketones (excluding diaryl/α,β-unsaturated/α-hetero) is 2. The molecule has 0 saturated heterocycles. The van der Waals surface area contributed by atoms with Crippen molar-refractivity contribution in [1.82, 2.24) is 0 Å². The van der Waals surface area contributed by atoms with Crippen molar-refractivity contribution >= 4 is 17.3 Å². The molecule has 0 aromatic heterocycles. The van der Waals surface area contributed by atoms with Gasteiger partial charge in [-0.2, -0.15) is 0 Å². The zero-order valence-corrected chi connectivity index (χ0v) is 7.84. The smallest absolute Gasteiger partial charge is 0.270 e. The first-order valence-electron chi connectivity index (χ1n) is 4.28. The van der Waals surface area contributed by atoms with E-state index in [4.69, 9.17) is 5.11 Å². The third kappa shape index (κ3) is 1.20. The monoisotopic (exact) mass is 219 g/mol. The number of nitrogens with zero attached hydrogens (tertiary/aromatic N) is 1. The number of hydrogen-bond donors (Lipinski definition) is 1. The lowest BCUT2D eigenvalue weighted by Crippen LogP contribution is -1.99. The molecule has 1 aliphatic carbocycles. The lowest BCUT2D eigenvalue weighted by atomic mass is 10.1. The lowest BCUT2D eigenvalue weighted by molar-refractivity contribution is -0.384. The van der Waals surface area contributed by atoms with Crippen LogP contribution in [0.1, 0.15) is 20.7 Å². The molecule has 0 atom stereocenters. The molecular weight excluding hydrogens is 214 g/mol. The van der Waals surface area contributed by atoms with Crippen LogP contribution in [0.3, 0.4) is 0 Å². The predicted molar refractivity (Wildman–Crippen MR) is 52.5 cm³/mol. The van der Waals surface area contributed by atoms with Crippen LogP contribution in [0.15, 0.2) is 30.0 Å². The number of hydrogen-bond acceptors (Lipinski definition) is 5. The summed E-state index contributed by atoms with van der Waals surface area (Å²) >= 11 is 0. The van der Waals surface area contributed by atoms with Crippen molar-refractivity contribution in [1.29, 1.82) is 0 Å². The van der Waals surface area contributed by atoms with Crippen LogP contribution in [0.2, 0.25) is 0 Å². The van der Waals surface area contributed by atoms with Gasteiger partial charge in [-0.3, -0.25) is 19.7 Å². The fourth-order valence-corrected chi connectivity index (χ4v) is 1.54. The number of aliphatic hydroxyl groups excluding tert-OH is 1. The van der Waals surface area contributed by atoms with E-state index < -0.39 is 16.5 Å². The molecule has 0 unspecified atom stereocenters. The molecule has 0 fully saturated rings. The largest absolute Gasteiger partial charge is 0.515 e. The molecule has 0 spiro atoms. The maximum Gasteiger partial charge on any atom is 0.270 e. The van der Waals surface area contributed by atoms with Gasteiger partial charge in [0.1, 0.15) is 5.57 Å². The summed E-state index contributed by atoms with van der Waals surface area (Å²) < 4.78 is 0. The summed E-state index contributed by atoms with van der Waals surface area (Å²) in [6, 6.07) is 3.39. The van der Waals surface area contributed by atoms with E-state index in [-0.39, 0.29) is 22.4 Å². The fraction of sp³-hybridized carbons (Fsp3) is 0. The summed E-state index contributed by atoms with van der Waals surface area (Å²) in [5, 5.41) is 19.2. The lowest BCUT2D eigenvalue weighted by Gasteiger charge is -1.94. The van der Waals surface area contributed by atoms with E-state index in [0.29, 0.717) is 6.26 Å². The molecule has 0 aliphatic heterocycles. The van der Waals surface area contributed by atoms with Crippen LogP contribution in [0.4, 0.5) is 5.69 Å². The molecule has 2 rings (SSSR count). The van der Waals surface area contributed by atoms with Gasteiger partial charge in [0.25, 0.3) is 5.69 Å². The Kier molecular flexibility index (Phi) is 2.05. The van der Waals surface area contributed by atoms with Crippen molar-refractivity contribution in [3.8, 4) is 0 Å². The van der Waals surface area contributed by atoms with Gasteiger partial charge < -0.3 is 5.11 Å². The van der Waals surface area contributed by atoms with Crippen LogP contribution in [-0.4, -0.2) is 21.6 Å². The summed E-state index contributed by atoms with van der Waals surface area (Å²) in [6.07, 6.45) is 0.427. The van der Waals surface area contributed by atoms with Gasteiger partial charge in [0.2, 0.25) is 11.6 Å². The number of ketones is 2. The maximum absolute atomic E-state index is 11.5. The molecule has 1 aromatic carbocycles. The first-order chi connectivity index (χ1) is 7.56.